The average molecular weight is 170 g/mol. The van der Waals surface area contributed by atoms with E-state index >= 15 is 0 Å². The molecule has 0 aliphatic carbocycles. The van der Waals surface area contributed by atoms with Crippen LogP contribution in [0.15, 0.2) is 0 Å². The van der Waals surface area contributed by atoms with Crippen LogP contribution < -0.4 is 4.84 Å². The van der Waals surface area contributed by atoms with Crippen molar-refractivity contribution < 1.29 is 9.90 Å². The topological polar surface area (TPSA) is 49.3 Å². The molecule has 0 unspecified atom stereocenters. The van der Waals surface area contributed by atoms with Gasteiger partial charge in [0.25, 0.3) is 0 Å². The predicted octanol–water partition coefficient (Wildman–Crippen LogP) is 0.503. The Bertz CT molecular complexity index is 115. The third-order valence-corrected chi connectivity index (χ3v) is 2.05. The zero-order valence-corrected chi connectivity index (χ0v) is 6.54. The molecular formula is C4H8ClNO2S. The maximum absolute atomic E-state index is 10.3. The van der Waals surface area contributed by atoms with Gasteiger partial charge in [-0.2, -0.15) is 12.6 Å². The van der Waals surface area contributed by atoms with Crippen molar-refractivity contribution in [3.8, 4) is 0 Å². The van der Waals surface area contributed by atoms with E-state index in [4.69, 9.17) is 16.9 Å². The predicted molar refractivity (Wildman–Crippen MR) is 38.9 cm³/mol. The number of carboxylic acids is 1. The zero-order valence-electron chi connectivity index (χ0n) is 4.89. The zero-order chi connectivity index (χ0) is 7.49. The Balaban J connectivity index is 4.09. The lowest BCUT2D eigenvalue weighted by Gasteiger charge is -2.18. The van der Waals surface area contributed by atoms with Gasteiger partial charge in [0.05, 0.1) is 0 Å². The number of thiol groups is 1. The summed E-state index contributed by atoms with van der Waals surface area (Å²) in [7, 11) is 0. The average Bonchev–Trinajstić information content (AvgIpc) is 1.86. The number of carbonyl (C=O) groups is 1. The van der Waals surface area contributed by atoms with Gasteiger partial charge in [-0.05, 0) is 18.7 Å². The number of halogens is 1. The van der Waals surface area contributed by atoms with Crippen LogP contribution in [0.4, 0.5) is 0 Å². The molecule has 0 bridgehead atoms. The smallest absolute Gasteiger partial charge is 0.325 e. The van der Waals surface area contributed by atoms with E-state index < -0.39 is 11.5 Å². The summed E-state index contributed by atoms with van der Waals surface area (Å²) in [6.07, 6.45) is 0. The maximum Gasteiger partial charge on any atom is 0.325 e. The number of nitrogens with one attached hydrogen (secondary N) is 1. The first kappa shape index (κ1) is 9.07. The molecule has 1 atom stereocenters. The summed E-state index contributed by atoms with van der Waals surface area (Å²) in [5.41, 5.74) is -1.12. The van der Waals surface area contributed by atoms with Crippen LogP contribution >= 0.6 is 24.4 Å². The molecule has 0 heterocycles. The largest absolute Gasteiger partial charge is 0.480 e. The van der Waals surface area contributed by atoms with Crippen molar-refractivity contribution in [2.24, 2.45) is 0 Å². The molecule has 0 aromatic carbocycles. The van der Waals surface area contributed by atoms with Crippen molar-refractivity contribution in [2.75, 3.05) is 5.75 Å². The molecule has 3 nitrogen and oxygen atoms in total. The Morgan fingerprint density at radius 1 is 2.00 bits per heavy atom. The molecule has 0 rings (SSSR count). The quantitative estimate of drug-likeness (QED) is 0.426. The third kappa shape index (κ3) is 2.04. The molecule has 2 N–H and O–H groups in total. The van der Waals surface area contributed by atoms with Crippen molar-refractivity contribution in [1.82, 2.24) is 4.84 Å². The lowest BCUT2D eigenvalue weighted by Crippen LogP contribution is -2.46. The second-order valence-electron chi connectivity index (χ2n) is 1.89. The van der Waals surface area contributed by atoms with E-state index in [9.17, 15) is 4.79 Å². The summed E-state index contributed by atoms with van der Waals surface area (Å²) >= 11 is 8.92. The fraction of sp³-hybridized carbons (Fsp3) is 0.750. The normalized spacial score (nSPS) is 16.8. The molecule has 9 heavy (non-hydrogen) atoms. The molecule has 0 aliphatic heterocycles. The molecule has 0 saturated heterocycles. The second-order valence-corrected chi connectivity index (χ2v) is 2.40. The summed E-state index contributed by atoms with van der Waals surface area (Å²) in [4.78, 5) is 12.4. The lowest BCUT2D eigenvalue weighted by atomic mass is 10.1. The molecule has 0 saturated carbocycles. The highest BCUT2D eigenvalue weighted by atomic mass is 35.5. The summed E-state index contributed by atoms with van der Waals surface area (Å²) in [6.45, 7) is 1.45. The van der Waals surface area contributed by atoms with Crippen LogP contribution in [0.3, 0.4) is 0 Å². The van der Waals surface area contributed by atoms with Crippen LogP contribution in [0, 0.1) is 0 Å². The molecule has 0 spiro atoms. The number of hydrogen-bond donors (Lipinski definition) is 3. The SMILES string of the molecule is C[C@](CS)(NCl)C(=O)O. The van der Waals surface area contributed by atoms with E-state index in [1.165, 1.54) is 6.92 Å². The monoisotopic (exact) mass is 169 g/mol. The van der Waals surface area contributed by atoms with Gasteiger partial charge in [0.15, 0.2) is 0 Å². The molecule has 5 heteroatoms. The van der Waals surface area contributed by atoms with Gasteiger partial charge in [-0.25, -0.2) is 4.84 Å². The summed E-state index contributed by atoms with van der Waals surface area (Å²) in [5, 5.41) is 8.44. The van der Waals surface area contributed by atoms with E-state index in [2.05, 4.69) is 17.5 Å². The lowest BCUT2D eigenvalue weighted by molar-refractivity contribution is -0.142. The first-order valence-corrected chi connectivity index (χ1v) is 3.30. The van der Waals surface area contributed by atoms with Crippen LogP contribution in [-0.2, 0) is 4.79 Å². The fourth-order valence-corrected chi connectivity index (χ4v) is 0.593. The van der Waals surface area contributed by atoms with Gasteiger partial charge < -0.3 is 5.11 Å². The Kier molecular flexibility index (Phi) is 3.32. The van der Waals surface area contributed by atoms with Gasteiger partial charge in [0.2, 0.25) is 0 Å². The van der Waals surface area contributed by atoms with E-state index in [-0.39, 0.29) is 5.75 Å². The van der Waals surface area contributed by atoms with Crippen LogP contribution in [-0.4, -0.2) is 22.4 Å². The minimum Gasteiger partial charge on any atom is -0.480 e. The van der Waals surface area contributed by atoms with Gasteiger partial charge in [-0.15, -0.1) is 0 Å². The molecule has 0 fully saturated rings. The van der Waals surface area contributed by atoms with Crippen LogP contribution in [0.2, 0.25) is 0 Å². The maximum atomic E-state index is 10.3. The molecule has 0 radical (unpaired) electrons. The molecule has 0 aromatic heterocycles. The first-order valence-electron chi connectivity index (χ1n) is 2.29. The molecule has 0 amide bonds. The van der Waals surface area contributed by atoms with E-state index in [0.717, 1.165) is 0 Å². The van der Waals surface area contributed by atoms with Crippen LogP contribution in [0.1, 0.15) is 6.92 Å². The number of carboxylic acid groups (broad SMARTS) is 1. The van der Waals surface area contributed by atoms with Crippen LogP contribution in [0.25, 0.3) is 0 Å². The highest BCUT2D eigenvalue weighted by Crippen LogP contribution is 2.06. The Morgan fingerprint density at radius 3 is 2.44 bits per heavy atom. The molecular weight excluding hydrogens is 162 g/mol. The van der Waals surface area contributed by atoms with Gasteiger partial charge in [-0.1, -0.05) is 0 Å². The van der Waals surface area contributed by atoms with E-state index in [0.29, 0.717) is 0 Å². The third-order valence-electron chi connectivity index (χ3n) is 0.997. The second kappa shape index (κ2) is 3.29. The minimum atomic E-state index is -1.12. The molecule has 0 aliphatic rings. The Morgan fingerprint density at radius 2 is 2.44 bits per heavy atom. The van der Waals surface area contributed by atoms with Gasteiger partial charge in [0, 0.05) is 5.75 Å². The number of rotatable bonds is 3. The van der Waals surface area contributed by atoms with Gasteiger partial charge in [-0.3, -0.25) is 4.79 Å². The fourth-order valence-electron chi connectivity index (χ4n) is 0.138. The number of hydrogen-bond acceptors (Lipinski definition) is 3. The molecule has 0 aromatic rings. The Hall–Kier alpha value is 0.0700. The summed E-state index contributed by atoms with van der Waals surface area (Å²) < 4.78 is 0. The van der Waals surface area contributed by atoms with E-state index in [1.807, 2.05) is 0 Å². The number of aliphatic carboxylic acids is 1. The highest BCUT2D eigenvalue weighted by molar-refractivity contribution is 7.80. The van der Waals surface area contributed by atoms with Crippen molar-refractivity contribution in [1.29, 1.82) is 0 Å². The standard InChI is InChI=1S/C4H8ClNO2S/c1-4(2-9,6-5)3(7)8/h6,9H,2H2,1H3,(H,7,8)/t4-/m1/s1. The minimum absolute atomic E-state index is 0.159. The van der Waals surface area contributed by atoms with E-state index in [1.54, 1.807) is 0 Å². The van der Waals surface area contributed by atoms with Gasteiger partial charge in [0.1, 0.15) is 5.54 Å². The first-order chi connectivity index (χ1) is 4.06. The van der Waals surface area contributed by atoms with Crippen molar-refractivity contribution in [3.05, 3.63) is 0 Å². The van der Waals surface area contributed by atoms with Crippen molar-refractivity contribution >= 4 is 30.4 Å². The summed E-state index contributed by atoms with van der Waals surface area (Å²) in [5.74, 6) is -0.848. The highest BCUT2D eigenvalue weighted by Gasteiger charge is 2.30. The van der Waals surface area contributed by atoms with Crippen LogP contribution in [0.5, 0.6) is 0 Å². The summed E-state index contributed by atoms with van der Waals surface area (Å²) in [6, 6.07) is 0. The van der Waals surface area contributed by atoms with Crippen molar-refractivity contribution in [3.63, 3.8) is 0 Å². The van der Waals surface area contributed by atoms with Crippen molar-refractivity contribution in [2.45, 2.75) is 12.5 Å². The molecule has 54 valence electrons. The van der Waals surface area contributed by atoms with Gasteiger partial charge >= 0.3 is 5.97 Å². The Labute approximate surface area is 63.9 Å².